The van der Waals surface area contributed by atoms with E-state index in [0.717, 1.165) is 12.8 Å². The van der Waals surface area contributed by atoms with Crippen molar-refractivity contribution in [3.63, 3.8) is 0 Å². The molecule has 2 atom stereocenters. The molecule has 0 aromatic carbocycles. The number of amides is 1. The minimum Gasteiger partial charge on any atom is -0.460 e. The Morgan fingerprint density at radius 2 is 1.95 bits per heavy atom. The van der Waals surface area contributed by atoms with Crippen LogP contribution in [0.2, 0.25) is 0 Å². The van der Waals surface area contributed by atoms with E-state index in [1.165, 1.54) is 0 Å². The van der Waals surface area contributed by atoms with E-state index in [9.17, 15) is 9.59 Å². The number of hydrogen-bond donors (Lipinski definition) is 1. The first-order chi connectivity index (χ1) is 8.80. The smallest absolute Gasteiger partial charge is 0.306 e. The SMILES string of the molecule is CNC(=O)C[C@@H]1CC[C@@H](CC(=O)OC(C)(C)C)CO1. The summed E-state index contributed by atoms with van der Waals surface area (Å²) in [4.78, 5) is 22.9. The number of ether oxygens (including phenoxy) is 2. The molecule has 0 aromatic heterocycles. The van der Waals surface area contributed by atoms with Crippen molar-refractivity contribution in [3.8, 4) is 0 Å². The maximum Gasteiger partial charge on any atom is 0.306 e. The molecule has 5 nitrogen and oxygen atoms in total. The van der Waals surface area contributed by atoms with Gasteiger partial charge in [0, 0.05) is 7.05 Å². The number of hydrogen-bond acceptors (Lipinski definition) is 4. The molecule has 1 heterocycles. The Morgan fingerprint density at radius 1 is 1.26 bits per heavy atom. The average molecular weight is 271 g/mol. The molecule has 0 aliphatic carbocycles. The Balaban J connectivity index is 2.26. The second kappa shape index (κ2) is 6.89. The van der Waals surface area contributed by atoms with E-state index in [2.05, 4.69) is 5.32 Å². The standard InChI is InChI=1S/C14H25NO4/c1-14(2,3)19-13(17)7-10-5-6-11(18-9-10)8-12(16)15-4/h10-11H,5-9H2,1-4H3,(H,15,16)/t10-,11-/m0/s1. The fraction of sp³-hybridized carbons (Fsp3) is 0.857. The molecular formula is C14H25NO4. The fourth-order valence-electron chi connectivity index (χ4n) is 2.11. The molecular weight excluding hydrogens is 246 g/mol. The highest BCUT2D eigenvalue weighted by Crippen LogP contribution is 2.24. The minimum atomic E-state index is -0.436. The summed E-state index contributed by atoms with van der Waals surface area (Å²) in [6.07, 6.45) is 2.50. The van der Waals surface area contributed by atoms with Crippen LogP contribution in [0.4, 0.5) is 0 Å². The molecule has 1 N–H and O–H groups in total. The highest BCUT2D eigenvalue weighted by Gasteiger charge is 2.26. The first kappa shape index (κ1) is 16.0. The molecule has 5 heteroatoms. The van der Waals surface area contributed by atoms with Gasteiger partial charge in [-0.2, -0.15) is 0 Å². The van der Waals surface area contributed by atoms with Crippen LogP contribution in [0.15, 0.2) is 0 Å². The Kier molecular flexibility index (Phi) is 5.79. The topological polar surface area (TPSA) is 64.6 Å². The van der Waals surface area contributed by atoms with Gasteiger partial charge in [-0.25, -0.2) is 0 Å². The van der Waals surface area contributed by atoms with Crippen LogP contribution in [0.5, 0.6) is 0 Å². The van der Waals surface area contributed by atoms with Crippen molar-refractivity contribution in [3.05, 3.63) is 0 Å². The Bertz CT molecular complexity index is 314. The van der Waals surface area contributed by atoms with Gasteiger partial charge in [0.15, 0.2) is 0 Å². The molecule has 19 heavy (non-hydrogen) atoms. The number of carbonyl (C=O) groups is 2. The van der Waals surface area contributed by atoms with Crippen LogP contribution in [0, 0.1) is 5.92 Å². The molecule has 0 radical (unpaired) electrons. The zero-order chi connectivity index (χ0) is 14.5. The van der Waals surface area contributed by atoms with Gasteiger partial charge in [0.05, 0.1) is 25.6 Å². The third-order valence-electron chi connectivity index (χ3n) is 3.03. The molecule has 0 saturated carbocycles. The van der Waals surface area contributed by atoms with Crippen molar-refractivity contribution in [2.75, 3.05) is 13.7 Å². The summed E-state index contributed by atoms with van der Waals surface area (Å²) < 4.78 is 10.9. The van der Waals surface area contributed by atoms with Gasteiger partial charge in [-0.15, -0.1) is 0 Å². The lowest BCUT2D eigenvalue weighted by atomic mass is 9.94. The summed E-state index contributed by atoms with van der Waals surface area (Å²) >= 11 is 0. The van der Waals surface area contributed by atoms with Gasteiger partial charge in [0.25, 0.3) is 0 Å². The van der Waals surface area contributed by atoms with E-state index in [0.29, 0.717) is 19.4 Å². The van der Waals surface area contributed by atoms with E-state index < -0.39 is 5.60 Å². The molecule has 0 aromatic rings. The first-order valence-electron chi connectivity index (χ1n) is 6.84. The van der Waals surface area contributed by atoms with Crippen LogP contribution in [0.3, 0.4) is 0 Å². The van der Waals surface area contributed by atoms with Crippen molar-refractivity contribution in [2.45, 2.75) is 58.2 Å². The van der Waals surface area contributed by atoms with Crippen molar-refractivity contribution in [1.82, 2.24) is 5.32 Å². The highest BCUT2D eigenvalue weighted by molar-refractivity contribution is 5.76. The van der Waals surface area contributed by atoms with Crippen molar-refractivity contribution >= 4 is 11.9 Å². The molecule has 1 fully saturated rings. The van der Waals surface area contributed by atoms with Crippen molar-refractivity contribution < 1.29 is 19.1 Å². The maximum atomic E-state index is 11.7. The van der Waals surface area contributed by atoms with Crippen LogP contribution in [0.1, 0.15) is 46.5 Å². The van der Waals surface area contributed by atoms with Gasteiger partial charge in [0.2, 0.25) is 5.91 Å². The van der Waals surface area contributed by atoms with Gasteiger partial charge in [-0.3, -0.25) is 9.59 Å². The van der Waals surface area contributed by atoms with E-state index in [-0.39, 0.29) is 23.9 Å². The zero-order valence-electron chi connectivity index (χ0n) is 12.3. The average Bonchev–Trinajstić information content (AvgIpc) is 2.29. The zero-order valence-corrected chi connectivity index (χ0v) is 12.3. The monoisotopic (exact) mass is 271 g/mol. The maximum absolute atomic E-state index is 11.7. The number of rotatable bonds is 4. The first-order valence-corrected chi connectivity index (χ1v) is 6.84. The van der Waals surface area contributed by atoms with Crippen LogP contribution in [-0.4, -0.2) is 37.2 Å². The fourth-order valence-corrected chi connectivity index (χ4v) is 2.11. The summed E-state index contributed by atoms with van der Waals surface area (Å²) in [5, 5.41) is 2.59. The lowest BCUT2D eigenvalue weighted by Crippen LogP contribution is -2.33. The van der Waals surface area contributed by atoms with Crippen molar-refractivity contribution in [2.24, 2.45) is 5.92 Å². The predicted molar refractivity (Wildman–Crippen MR) is 71.6 cm³/mol. The molecule has 1 aliphatic rings. The third kappa shape index (κ3) is 6.57. The summed E-state index contributed by atoms with van der Waals surface area (Å²) in [6.45, 7) is 6.12. The van der Waals surface area contributed by atoms with Gasteiger partial charge >= 0.3 is 5.97 Å². The molecule has 0 bridgehead atoms. The van der Waals surface area contributed by atoms with E-state index in [4.69, 9.17) is 9.47 Å². The predicted octanol–water partition coefficient (Wildman–Crippen LogP) is 1.65. The van der Waals surface area contributed by atoms with Crippen LogP contribution in [-0.2, 0) is 19.1 Å². The second-order valence-corrected chi connectivity index (χ2v) is 6.07. The van der Waals surface area contributed by atoms with Gasteiger partial charge in [-0.1, -0.05) is 0 Å². The molecule has 1 aliphatic heterocycles. The molecule has 110 valence electrons. The number of esters is 1. The van der Waals surface area contributed by atoms with Gasteiger partial charge in [0.1, 0.15) is 5.60 Å². The largest absolute Gasteiger partial charge is 0.460 e. The normalized spacial score (nSPS) is 23.8. The lowest BCUT2D eigenvalue weighted by molar-refractivity contribution is -0.158. The Hall–Kier alpha value is -1.10. The van der Waals surface area contributed by atoms with Gasteiger partial charge in [-0.05, 0) is 39.5 Å². The van der Waals surface area contributed by atoms with Crippen LogP contribution < -0.4 is 5.32 Å². The van der Waals surface area contributed by atoms with Gasteiger partial charge < -0.3 is 14.8 Å². The molecule has 1 rings (SSSR count). The van der Waals surface area contributed by atoms with E-state index in [1.807, 2.05) is 20.8 Å². The third-order valence-corrected chi connectivity index (χ3v) is 3.03. The Labute approximate surface area is 115 Å². The van der Waals surface area contributed by atoms with E-state index in [1.54, 1.807) is 7.05 Å². The summed E-state index contributed by atoms with van der Waals surface area (Å²) in [5.74, 6) is 0.0252. The van der Waals surface area contributed by atoms with E-state index >= 15 is 0 Å². The second-order valence-electron chi connectivity index (χ2n) is 6.07. The quantitative estimate of drug-likeness (QED) is 0.790. The van der Waals surface area contributed by atoms with Crippen LogP contribution in [0.25, 0.3) is 0 Å². The summed E-state index contributed by atoms with van der Waals surface area (Å²) in [5.41, 5.74) is -0.436. The summed E-state index contributed by atoms with van der Waals surface area (Å²) in [6, 6.07) is 0. The van der Waals surface area contributed by atoms with Crippen molar-refractivity contribution in [1.29, 1.82) is 0 Å². The molecule has 1 amide bonds. The summed E-state index contributed by atoms with van der Waals surface area (Å²) in [7, 11) is 1.62. The number of carbonyl (C=O) groups excluding carboxylic acids is 2. The molecule has 0 unspecified atom stereocenters. The lowest BCUT2D eigenvalue weighted by Gasteiger charge is -2.29. The minimum absolute atomic E-state index is 0.00408. The molecule has 0 spiro atoms. The van der Waals surface area contributed by atoms with Crippen LogP contribution >= 0.6 is 0 Å². The number of nitrogens with one attached hydrogen (secondary N) is 1. The highest BCUT2D eigenvalue weighted by atomic mass is 16.6. The molecule has 1 saturated heterocycles. The Morgan fingerprint density at radius 3 is 2.42 bits per heavy atom.